The summed E-state index contributed by atoms with van der Waals surface area (Å²) in [6.07, 6.45) is 0. The van der Waals surface area contributed by atoms with Crippen LogP contribution in [0.3, 0.4) is 0 Å². The minimum Gasteiger partial charge on any atom is -0.461 e. The van der Waals surface area contributed by atoms with Crippen LogP contribution in [0.2, 0.25) is 0 Å². The minimum atomic E-state index is -0.434. The Morgan fingerprint density at radius 2 is 1.88 bits per heavy atom. The molecule has 2 aromatic rings. The van der Waals surface area contributed by atoms with Crippen LogP contribution in [-0.4, -0.2) is 33.9 Å². The van der Waals surface area contributed by atoms with E-state index in [0.29, 0.717) is 23.7 Å². The molecule has 1 heterocycles. The minimum absolute atomic E-state index is 0.0593. The molecular weight excluding hydrogens is 324 g/mol. The molecule has 0 aliphatic carbocycles. The van der Waals surface area contributed by atoms with Crippen molar-refractivity contribution in [2.45, 2.75) is 39.8 Å². The molecule has 1 amide bonds. The molecule has 24 heavy (non-hydrogen) atoms. The average Bonchev–Trinajstić information content (AvgIpc) is 3.01. The van der Waals surface area contributed by atoms with Crippen molar-refractivity contribution in [3.05, 3.63) is 52.0 Å². The molecule has 0 bridgehead atoms. The number of amides is 1. The lowest BCUT2D eigenvalue weighted by Gasteiger charge is -2.35. The summed E-state index contributed by atoms with van der Waals surface area (Å²) in [6, 6.07) is 9.16. The maximum Gasteiger partial charge on any atom is 0.357 e. The van der Waals surface area contributed by atoms with Gasteiger partial charge in [0.25, 0.3) is 5.91 Å². The predicted octanol–water partition coefficient (Wildman–Crippen LogP) is 3.76. The van der Waals surface area contributed by atoms with Crippen molar-refractivity contribution >= 4 is 23.2 Å². The fourth-order valence-corrected chi connectivity index (χ4v) is 2.92. The molecule has 5 nitrogen and oxygen atoms in total. The first-order valence-corrected chi connectivity index (χ1v) is 8.69. The molecule has 0 saturated heterocycles. The highest BCUT2D eigenvalue weighted by molar-refractivity contribution is 7.09. The van der Waals surface area contributed by atoms with E-state index < -0.39 is 5.97 Å². The third kappa shape index (κ3) is 4.41. The SMILES string of the molecule is CCOC(=O)c1csc(CN(C(=O)c2ccccc2)C(C)(C)C)n1. The Morgan fingerprint density at radius 3 is 2.46 bits per heavy atom. The molecule has 6 heteroatoms. The monoisotopic (exact) mass is 346 g/mol. The Hall–Kier alpha value is -2.21. The summed E-state index contributed by atoms with van der Waals surface area (Å²) in [7, 11) is 0. The van der Waals surface area contributed by atoms with Gasteiger partial charge in [-0.25, -0.2) is 9.78 Å². The van der Waals surface area contributed by atoms with Gasteiger partial charge in [-0.1, -0.05) is 18.2 Å². The summed E-state index contributed by atoms with van der Waals surface area (Å²) < 4.78 is 4.95. The van der Waals surface area contributed by atoms with Gasteiger partial charge in [0.2, 0.25) is 0 Å². The van der Waals surface area contributed by atoms with Crippen molar-refractivity contribution in [1.29, 1.82) is 0 Å². The fourth-order valence-electron chi connectivity index (χ4n) is 2.17. The van der Waals surface area contributed by atoms with E-state index in [1.165, 1.54) is 11.3 Å². The average molecular weight is 346 g/mol. The summed E-state index contributed by atoms with van der Waals surface area (Å²) in [4.78, 5) is 30.7. The van der Waals surface area contributed by atoms with Gasteiger partial charge < -0.3 is 9.64 Å². The Kier molecular flexibility index (Phi) is 5.72. The van der Waals surface area contributed by atoms with Gasteiger partial charge in [-0.2, -0.15) is 0 Å². The molecule has 0 unspecified atom stereocenters. The molecule has 1 aromatic heterocycles. The number of aromatic nitrogens is 1. The molecule has 0 N–H and O–H groups in total. The number of hydrogen-bond donors (Lipinski definition) is 0. The number of nitrogens with zero attached hydrogens (tertiary/aromatic N) is 2. The first-order chi connectivity index (χ1) is 11.3. The first-order valence-electron chi connectivity index (χ1n) is 7.81. The van der Waals surface area contributed by atoms with Gasteiger partial charge in [-0.05, 0) is 39.8 Å². The molecule has 0 radical (unpaired) electrons. The van der Waals surface area contributed by atoms with E-state index >= 15 is 0 Å². The van der Waals surface area contributed by atoms with Crippen molar-refractivity contribution < 1.29 is 14.3 Å². The van der Waals surface area contributed by atoms with E-state index in [9.17, 15) is 9.59 Å². The summed E-state index contributed by atoms with van der Waals surface area (Å²) in [5.41, 5.74) is 0.551. The van der Waals surface area contributed by atoms with Crippen molar-refractivity contribution in [2.24, 2.45) is 0 Å². The van der Waals surface area contributed by atoms with E-state index in [2.05, 4.69) is 4.98 Å². The topological polar surface area (TPSA) is 59.5 Å². The molecule has 0 aliphatic rings. The lowest BCUT2D eigenvalue weighted by Crippen LogP contribution is -2.45. The number of hydrogen-bond acceptors (Lipinski definition) is 5. The maximum absolute atomic E-state index is 12.9. The predicted molar refractivity (Wildman–Crippen MR) is 94.1 cm³/mol. The molecule has 0 saturated carbocycles. The lowest BCUT2D eigenvalue weighted by molar-refractivity contribution is 0.0520. The molecule has 128 valence electrons. The fraction of sp³-hybridized carbons (Fsp3) is 0.389. The van der Waals surface area contributed by atoms with Crippen molar-refractivity contribution in [3.8, 4) is 0 Å². The summed E-state index contributed by atoms with van der Waals surface area (Å²) in [5, 5.41) is 2.37. The number of benzene rings is 1. The first kappa shape index (κ1) is 18.1. The number of thiazole rings is 1. The summed E-state index contributed by atoms with van der Waals surface area (Å²) >= 11 is 1.35. The highest BCUT2D eigenvalue weighted by atomic mass is 32.1. The second-order valence-corrected chi connectivity index (χ2v) is 7.22. The van der Waals surface area contributed by atoms with Gasteiger partial charge in [-0.15, -0.1) is 11.3 Å². The molecule has 2 rings (SSSR count). The van der Waals surface area contributed by atoms with Crippen LogP contribution >= 0.6 is 11.3 Å². The largest absolute Gasteiger partial charge is 0.461 e. The van der Waals surface area contributed by atoms with Gasteiger partial charge >= 0.3 is 5.97 Å². The van der Waals surface area contributed by atoms with Gasteiger partial charge in [0, 0.05) is 16.5 Å². The molecule has 0 atom stereocenters. The van der Waals surface area contributed by atoms with E-state index in [4.69, 9.17) is 4.74 Å². The highest BCUT2D eigenvalue weighted by Gasteiger charge is 2.28. The zero-order valence-electron chi connectivity index (χ0n) is 14.4. The van der Waals surface area contributed by atoms with Crippen LogP contribution in [0.4, 0.5) is 0 Å². The zero-order chi connectivity index (χ0) is 17.7. The Morgan fingerprint density at radius 1 is 1.21 bits per heavy atom. The third-order valence-corrected chi connectivity index (χ3v) is 4.24. The maximum atomic E-state index is 12.9. The number of rotatable bonds is 5. The number of carbonyl (C=O) groups is 2. The Balaban J connectivity index is 2.22. The van der Waals surface area contributed by atoms with Crippen LogP contribution in [0.15, 0.2) is 35.7 Å². The third-order valence-electron chi connectivity index (χ3n) is 3.41. The molecular formula is C18H22N2O3S. The number of ether oxygens (including phenoxy) is 1. The van der Waals surface area contributed by atoms with Gasteiger partial charge in [0.1, 0.15) is 5.01 Å². The summed E-state index contributed by atoms with van der Waals surface area (Å²) in [5.74, 6) is -0.493. The van der Waals surface area contributed by atoms with Crippen LogP contribution in [0.5, 0.6) is 0 Å². The van der Waals surface area contributed by atoms with Crippen molar-refractivity contribution in [1.82, 2.24) is 9.88 Å². The molecule has 0 fully saturated rings. The molecule has 0 aliphatic heterocycles. The van der Waals surface area contributed by atoms with Crippen LogP contribution in [-0.2, 0) is 11.3 Å². The number of carbonyl (C=O) groups excluding carboxylic acids is 2. The zero-order valence-corrected chi connectivity index (χ0v) is 15.2. The van der Waals surface area contributed by atoms with E-state index in [-0.39, 0.29) is 17.1 Å². The van der Waals surface area contributed by atoms with Crippen molar-refractivity contribution in [3.63, 3.8) is 0 Å². The Bertz CT molecular complexity index is 705. The molecule has 0 spiro atoms. The smallest absolute Gasteiger partial charge is 0.357 e. The van der Waals surface area contributed by atoms with Crippen LogP contribution in [0.25, 0.3) is 0 Å². The number of esters is 1. The van der Waals surface area contributed by atoms with Gasteiger partial charge in [0.05, 0.1) is 13.2 Å². The van der Waals surface area contributed by atoms with Crippen LogP contribution in [0.1, 0.15) is 53.5 Å². The second-order valence-electron chi connectivity index (χ2n) is 6.28. The second kappa shape index (κ2) is 7.57. The van der Waals surface area contributed by atoms with E-state index in [1.54, 1.807) is 29.3 Å². The van der Waals surface area contributed by atoms with Gasteiger partial charge in [-0.3, -0.25) is 4.79 Å². The Labute approximate surface area is 146 Å². The van der Waals surface area contributed by atoms with Crippen molar-refractivity contribution in [2.75, 3.05) is 6.61 Å². The highest BCUT2D eigenvalue weighted by Crippen LogP contribution is 2.22. The van der Waals surface area contributed by atoms with Gasteiger partial charge in [0.15, 0.2) is 5.69 Å². The van der Waals surface area contributed by atoms with E-state index in [0.717, 1.165) is 0 Å². The normalized spacial score (nSPS) is 11.2. The van der Waals surface area contributed by atoms with Crippen LogP contribution < -0.4 is 0 Å². The van der Waals surface area contributed by atoms with Crippen LogP contribution in [0, 0.1) is 0 Å². The standard InChI is InChI=1S/C18H22N2O3S/c1-5-23-17(22)14-12-24-15(19-14)11-20(18(2,3)4)16(21)13-9-7-6-8-10-13/h6-10,12H,5,11H2,1-4H3. The molecule has 1 aromatic carbocycles. The lowest BCUT2D eigenvalue weighted by atomic mass is 10.0. The summed E-state index contributed by atoms with van der Waals surface area (Å²) in [6.45, 7) is 8.35. The quantitative estimate of drug-likeness (QED) is 0.774. The van der Waals surface area contributed by atoms with E-state index in [1.807, 2.05) is 39.0 Å².